The molecule has 1 saturated carbocycles. The van der Waals surface area contributed by atoms with Gasteiger partial charge in [0.25, 0.3) is 0 Å². The van der Waals surface area contributed by atoms with E-state index in [0.29, 0.717) is 25.2 Å². The van der Waals surface area contributed by atoms with E-state index in [-0.39, 0.29) is 18.8 Å². The van der Waals surface area contributed by atoms with Gasteiger partial charge in [-0.3, -0.25) is 0 Å². The fraction of sp³-hybridized carbons (Fsp3) is 1.00. The molecule has 2 fully saturated rings. The Bertz CT molecular complexity index is 188. The summed E-state index contributed by atoms with van der Waals surface area (Å²) in [5, 5.41) is 22.1. The molecular weight excluding hydrogens is 182 g/mol. The van der Waals surface area contributed by atoms with E-state index in [2.05, 4.69) is 5.32 Å². The van der Waals surface area contributed by atoms with Crippen molar-refractivity contribution in [2.75, 3.05) is 19.8 Å². The highest BCUT2D eigenvalue weighted by molar-refractivity contribution is 4.89. The van der Waals surface area contributed by atoms with Gasteiger partial charge in [0.15, 0.2) is 0 Å². The quantitative estimate of drug-likeness (QED) is 0.576. The fourth-order valence-electron chi connectivity index (χ4n) is 2.45. The van der Waals surface area contributed by atoms with Gasteiger partial charge in [0.1, 0.15) is 0 Å². The van der Waals surface area contributed by atoms with Gasteiger partial charge in [-0.25, -0.2) is 0 Å². The molecular formula is C10H19NO3. The first-order valence-electron chi connectivity index (χ1n) is 5.44. The van der Waals surface area contributed by atoms with Gasteiger partial charge in [-0.15, -0.1) is 0 Å². The van der Waals surface area contributed by atoms with E-state index in [9.17, 15) is 5.11 Å². The van der Waals surface area contributed by atoms with Crippen LogP contribution in [0.25, 0.3) is 0 Å². The molecule has 3 N–H and O–H groups in total. The summed E-state index contributed by atoms with van der Waals surface area (Å²) >= 11 is 0. The van der Waals surface area contributed by atoms with Crippen molar-refractivity contribution < 1.29 is 14.9 Å². The molecule has 0 aromatic rings. The lowest BCUT2D eigenvalue weighted by molar-refractivity contribution is 0.118. The molecule has 4 heteroatoms. The summed E-state index contributed by atoms with van der Waals surface area (Å²) in [5.74, 6) is 0.364. The summed E-state index contributed by atoms with van der Waals surface area (Å²) in [7, 11) is 0. The minimum absolute atomic E-state index is 0.0622. The van der Waals surface area contributed by atoms with Crippen molar-refractivity contribution >= 4 is 0 Å². The summed E-state index contributed by atoms with van der Waals surface area (Å²) < 4.78 is 5.17. The number of nitrogens with one attached hydrogen (secondary N) is 1. The zero-order valence-electron chi connectivity index (χ0n) is 8.35. The molecule has 1 saturated heterocycles. The Morgan fingerprint density at radius 2 is 2.07 bits per heavy atom. The summed E-state index contributed by atoms with van der Waals surface area (Å²) in [5.41, 5.74) is 0. The fourth-order valence-corrected chi connectivity index (χ4v) is 2.45. The van der Waals surface area contributed by atoms with Crippen LogP contribution in [0.2, 0.25) is 0 Å². The highest BCUT2D eigenvalue weighted by Gasteiger charge is 2.33. The van der Waals surface area contributed by atoms with Crippen LogP contribution < -0.4 is 5.32 Å². The van der Waals surface area contributed by atoms with Crippen LogP contribution in [0.15, 0.2) is 0 Å². The van der Waals surface area contributed by atoms with Crippen LogP contribution in [0, 0.1) is 5.92 Å². The van der Waals surface area contributed by atoms with Gasteiger partial charge in [-0.05, 0) is 18.8 Å². The van der Waals surface area contributed by atoms with Gasteiger partial charge in [0.2, 0.25) is 0 Å². The standard InChI is InChI=1S/C10H19NO3/c12-4-7-2-1-3-8(7)11-9-5-14-6-10(9)13/h7-13H,1-6H2/t7-,8-,9?,10?/m0/s1. The van der Waals surface area contributed by atoms with Gasteiger partial charge < -0.3 is 20.3 Å². The van der Waals surface area contributed by atoms with E-state index in [4.69, 9.17) is 9.84 Å². The smallest absolute Gasteiger partial charge is 0.0948 e. The number of aliphatic hydroxyl groups excluding tert-OH is 2. The number of ether oxygens (including phenoxy) is 1. The first kappa shape index (κ1) is 10.4. The molecule has 82 valence electrons. The van der Waals surface area contributed by atoms with E-state index in [0.717, 1.165) is 12.8 Å². The molecule has 1 aliphatic heterocycles. The maximum atomic E-state index is 9.56. The zero-order chi connectivity index (χ0) is 9.97. The van der Waals surface area contributed by atoms with Crippen molar-refractivity contribution in [2.24, 2.45) is 5.92 Å². The van der Waals surface area contributed by atoms with Crippen LogP contribution in [0.4, 0.5) is 0 Å². The lowest BCUT2D eigenvalue weighted by Crippen LogP contribution is -2.46. The Labute approximate surface area is 84.3 Å². The number of aliphatic hydroxyl groups is 2. The lowest BCUT2D eigenvalue weighted by atomic mass is 10.0. The monoisotopic (exact) mass is 201 g/mol. The Hall–Kier alpha value is -0.160. The van der Waals surface area contributed by atoms with E-state index in [1.807, 2.05) is 0 Å². The van der Waals surface area contributed by atoms with Crippen LogP contribution in [-0.2, 0) is 4.74 Å². The normalized spacial score (nSPS) is 43.3. The molecule has 1 heterocycles. The average Bonchev–Trinajstić information content (AvgIpc) is 2.77. The second kappa shape index (κ2) is 4.57. The summed E-state index contributed by atoms with van der Waals surface area (Å²) in [6.07, 6.45) is 2.99. The molecule has 0 amide bonds. The van der Waals surface area contributed by atoms with E-state index in [1.54, 1.807) is 0 Å². The van der Waals surface area contributed by atoms with Gasteiger partial charge in [0, 0.05) is 12.6 Å². The van der Waals surface area contributed by atoms with E-state index in [1.165, 1.54) is 6.42 Å². The maximum Gasteiger partial charge on any atom is 0.0948 e. The Morgan fingerprint density at radius 3 is 2.71 bits per heavy atom. The van der Waals surface area contributed by atoms with Gasteiger partial charge in [0.05, 0.1) is 25.4 Å². The number of hydrogen-bond donors (Lipinski definition) is 3. The minimum Gasteiger partial charge on any atom is -0.396 e. The molecule has 4 nitrogen and oxygen atoms in total. The second-order valence-corrected chi connectivity index (χ2v) is 4.36. The summed E-state index contributed by atoms with van der Waals surface area (Å²) in [4.78, 5) is 0. The van der Waals surface area contributed by atoms with E-state index < -0.39 is 0 Å². The molecule has 2 unspecified atom stereocenters. The third-order valence-electron chi connectivity index (χ3n) is 3.37. The van der Waals surface area contributed by atoms with Crippen LogP contribution in [-0.4, -0.2) is 48.2 Å². The van der Waals surface area contributed by atoms with Crippen molar-refractivity contribution in [3.05, 3.63) is 0 Å². The topological polar surface area (TPSA) is 61.7 Å². The maximum absolute atomic E-state index is 9.56. The van der Waals surface area contributed by atoms with Crippen LogP contribution in [0.3, 0.4) is 0 Å². The first-order chi connectivity index (χ1) is 6.81. The highest BCUT2D eigenvalue weighted by Crippen LogP contribution is 2.26. The van der Waals surface area contributed by atoms with Gasteiger partial charge in [-0.2, -0.15) is 0 Å². The van der Waals surface area contributed by atoms with Crippen LogP contribution in [0.1, 0.15) is 19.3 Å². The summed E-state index contributed by atoms with van der Waals surface area (Å²) in [6, 6.07) is 0.425. The highest BCUT2D eigenvalue weighted by atomic mass is 16.5. The molecule has 4 atom stereocenters. The van der Waals surface area contributed by atoms with Gasteiger partial charge in [-0.1, -0.05) is 6.42 Å². The van der Waals surface area contributed by atoms with E-state index >= 15 is 0 Å². The lowest BCUT2D eigenvalue weighted by Gasteiger charge is -2.24. The number of hydrogen-bond acceptors (Lipinski definition) is 4. The minimum atomic E-state index is -0.380. The third kappa shape index (κ3) is 2.08. The Kier molecular flexibility index (Phi) is 3.38. The SMILES string of the molecule is OC[C@@H]1CCC[C@@H]1NC1COCC1O. The van der Waals surface area contributed by atoms with Crippen molar-refractivity contribution in [3.8, 4) is 0 Å². The molecule has 14 heavy (non-hydrogen) atoms. The molecule has 0 aromatic heterocycles. The second-order valence-electron chi connectivity index (χ2n) is 4.36. The molecule has 0 radical (unpaired) electrons. The molecule has 2 aliphatic rings. The predicted molar refractivity (Wildman–Crippen MR) is 52.0 cm³/mol. The van der Waals surface area contributed by atoms with Crippen LogP contribution >= 0.6 is 0 Å². The number of rotatable bonds is 3. The van der Waals surface area contributed by atoms with Crippen molar-refractivity contribution in [3.63, 3.8) is 0 Å². The zero-order valence-corrected chi connectivity index (χ0v) is 8.35. The Balaban J connectivity index is 1.83. The predicted octanol–water partition coefficient (Wildman–Crippen LogP) is -0.503. The largest absolute Gasteiger partial charge is 0.396 e. The molecule has 0 spiro atoms. The van der Waals surface area contributed by atoms with Crippen molar-refractivity contribution in [1.29, 1.82) is 0 Å². The molecule has 1 aliphatic carbocycles. The molecule has 0 aromatic carbocycles. The summed E-state index contributed by atoms with van der Waals surface area (Å²) in [6.45, 7) is 1.28. The van der Waals surface area contributed by atoms with Crippen molar-refractivity contribution in [2.45, 2.75) is 37.5 Å². The molecule has 2 rings (SSSR count). The average molecular weight is 201 g/mol. The first-order valence-corrected chi connectivity index (χ1v) is 5.44. The van der Waals surface area contributed by atoms with Crippen LogP contribution in [0.5, 0.6) is 0 Å². The molecule has 0 bridgehead atoms. The van der Waals surface area contributed by atoms with Crippen molar-refractivity contribution in [1.82, 2.24) is 5.32 Å². The third-order valence-corrected chi connectivity index (χ3v) is 3.37. The Morgan fingerprint density at radius 1 is 1.21 bits per heavy atom. The van der Waals surface area contributed by atoms with Gasteiger partial charge >= 0.3 is 0 Å².